The van der Waals surface area contributed by atoms with Gasteiger partial charge in [0, 0.05) is 10.9 Å². The maximum atomic E-state index is 11.7. The Morgan fingerprint density at radius 3 is 2.71 bits per heavy atom. The minimum Gasteiger partial charge on any atom is -0.464 e. The van der Waals surface area contributed by atoms with Crippen molar-refractivity contribution < 1.29 is 23.5 Å². The normalized spacial score (nSPS) is 10.9. The second-order valence-corrected chi connectivity index (χ2v) is 5.14. The molecular formula is C16H18O5. The van der Waals surface area contributed by atoms with Gasteiger partial charge >= 0.3 is 11.9 Å². The topological polar surface area (TPSA) is 65.7 Å². The number of furan rings is 1. The van der Waals surface area contributed by atoms with E-state index >= 15 is 0 Å². The Balaban J connectivity index is 1.94. The third-order valence-electron chi connectivity index (χ3n) is 2.86. The van der Waals surface area contributed by atoms with Crippen LogP contribution in [0.4, 0.5) is 0 Å². The van der Waals surface area contributed by atoms with Crippen LogP contribution < -0.4 is 0 Å². The first-order chi connectivity index (χ1) is 9.95. The van der Waals surface area contributed by atoms with E-state index in [-0.39, 0.29) is 19.1 Å². The lowest BCUT2D eigenvalue weighted by Gasteiger charge is -2.08. The standard InChI is InChI=1S/C16H18O5/c1-10(2)21-16(18)9-20-15(17)7-12-8-19-14-6-11(3)4-5-13(12)14/h4-6,8,10H,7,9H2,1-3H3. The summed E-state index contributed by atoms with van der Waals surface area (Å²) in [7, 11) is 0. The Morgan fingerprint density at radius 2 is 2.00 bits per heavy atom. The van der Waals surface area contributed by atoms with E-state index in [2.05, 4.69) is 0 Å². The maximum absolute atomic E-state index is 11.7. The summed E-state index contributed by atoms with van der Waals surface area (Å²) in [6, 6.07) is 5.76. The van der Waals surface area contributed by atoms with Gasteiger partial charge in [-0.25, -0.2) is 4.79 Å². The highest BCUT2D eigenvalue weighted by molar-refractivity contribution is 5.86. The third kappa shape index (κ3) is 4.08. The van der Waals surface area contributed by atoms with Crippen LogP contribution in [-0.2, 0) is 25.5 Å². The van der Waals surface area contributed by atoms with E-state index < -0.39 is 11.9 Å². The van der Waals surface area contributed by atoms with E-state index in [0.717, 1.165) is 22.1 Å². The van der Waals surface area contributed by atoms with Gasteiger partial charge in [-0.1, -0.05) is 12.1 Å². The number of ether oxygens (including phenoxy) is 2. The molecule has 0 aliphatic rings. The minimum atomic E-state index is -0.550. The summed E-state index contributed by atoms with van der Waals surface area (Å²) < 4.78 is 15.2. The van der Waals surface area contributed by atoms with Crippen molar-refractivity contribution in [3.63, 3.8) is 0 Å². The molecule has 21 heavy (non-hydrogen) atoms. The maximum Gasteiger partial charge on any atom is 0.344 e. The summed E-state index contributed by atoms with van der Waals surface area (Å²) in [5.74, 6) is -1.04. The van der Waals surface area contributed by atoms with Crippen LogP contribution in [-0.4, -0.2) is 24.6 Å². The second kappa shape index (κ2) is 6.43. The van der Waals surface area contributed by atoms with Crippen molar-refractivity contribution in [1.82, 2.24) is 0 Å². The van der Waals surface area contributed by atoms with Crippen LogP contribution in [0, 0.1) is 6.92 Å². The van der Waals surface area contributed by atoms with Gasteiger partial charge in [-0.05, 0) is 32.4 Å². The molecule has 1 aromatic heterocycles. The molecule has 0 saturated heterocycles. The van der Waals surface area contributed by atoms with Crippen LogP contribution in [0.3, 0.4) is 0 Å². The summed E-state index contributed by atoms with van der Waals surface area (Å²) in [6.07, 6.45) is 1.38. The van der Waals surface area contributed by atoms with Gasteiger partial charge in [-0.3, -0.25) is 4.79 Å². The Bertz CT molecular complexity index is 654. The van der Waals surface area contributed by atoms with Crippen molar-refractivity contribution in [3.8, 4) is 0 Å². The third-order valence-corrected chi connectivity index (χ3v) is 2.86. The van der Waals surface area contributed by atoms with E-state index in [1.165, 1.54) is 6.26 Å². The summed E-state index contributed by atoms with van der Waals surface area (Å²) in [5.41, 5.74) is 2.56. The zero-order valence-corrected chi connectivity index (χ0v) is 12.3. The van der Waals surface area contributed by atoms with Gasteiger partial charge in [0.05, 0.1) is 18.8 Å². The fraction of sp³-hybridized carbons (Fsp3) is 0.375. The molecule has 0 bridgehead atoms. The lowest BCUT2D eigenvalue weighted by molar-refractivity contribution is -0.160. The highest BCUT2D eigenvalue weighted by atomic mass is 16.6. The zero-order chi connectivity index (χ0) is 15.4. The molecule has 5 nitrogen and oxygen atoms in total. The number of esters is 2. The predicted octanol–water partition coefficient (Wildman–Crippen LogP) is 2.78. The zero-order valence-electron chi connectivity index (χ0n) is 12.3. The number of carbonyl (C=O) groups is 2. The van der Waals surface area contributed by atoms with Crippen molar-refractivity contribution in [2.45, 2.75) is 33.3 Å². The van der Waals surface area contributed by atoms with Crippen molar-refractivity contribution in [2.24, 2.45) is 0 Å². The van der Waals surface area contributed by atoms with E-state index in [1.54, 1.807) is 13.8 Å². The van der Waals surface area contributed by atoms with Gasteiger partial charge in [-0.2, -0.15) is 0 Å². The Morgan fingerprint density at radius 1 is 1.24 bits per heavy atom. The fourth-order valence-electron chi connectivity index (χ4n) is 1.97. The molecule has 0 fully saturated rings. The smallest absolute Gasteiger partial charge is 0.344 e. The van der Waals surface area contributed by atoms with Crippen LogP contribution in [0.15, 0.2) is 28.9 Å². The first-order valence-electron chi connectivity index (χ1n) is 6.77. The molecule has 0 radical (unpaired) electrons. The van der Waals surface area contributed by atoms with Crippen LogP contribution >= 0.6 is 0 Å². The summed E-state index contributed by atoms with van der Waals surface area (Å²) >= 11 is 0. The number of aryl methyl sites for hydroxylation is 1. The van der Waals surface area contributed by atoms with Crippen LogP contribution in [0.5, 0.6) is 0 Å². The van der Waals surface area contributed by atoms with Crippen molar-refractivity contribution in [1.29, 1.82) is 0 Å². The molecule has 0 saturated carbocycles. The van der Waals surface area contributed by atoms with E-state index in [9.17, 15) is 9.59 Å². The second-order valence-electron chi connectivity index (χ2n) is 5.14. The number of rotatable bonds is 5. The highest BCUT2D eigenvalue weighted by Gasteiger charge is 2.14. The van der Waals surface area contributed by atoms with Crippen molar-refractivity contribution in [2.75, 3.05) is 6.61 Å². The summed E-state index contributed by atoms with van der Waals surface area (Å²) in [5, 5.41) is 0.877. The average Bonchev–Trinajstić information content (AvgIpc) is 2.78. The summed E-state index contributed by atoms with van der Waals surface area (Å²) in [4.78, 5) is 23.0. The summed E-state index contributed by atoms with van der Waals surface area (Å²) in [6.45, 7) is 5.07. The Kier molecular flexibility index (Phi) is 4.62. The van der Waals surface area contributed by atoms with E-state index in [4.69, 9.17) is 13.9 Å². The molecule has 2 rings (SSSR count). The van der Waals surface area contributed by atoms with Gasteiger partial charge in [0.25, 0.3) is 0 Å². The minimum absolute atomic E-state index is 0.0605. The van der Waals surface area contributed by atoms with Gasteiger partial charge in [-0.15, -0.1) is 0 Å². The molecule has 1 heterocycles. The lowest BCUT2D eigenvalue weighted by atomic mass is 10.1. The largest absolute Gasteiger partial charge is 0.464 e. The van der Waals surface area contributed by atoms with Gasteiger partial charge in [0.1, 0.15) is 5.58 Å². The molecule has 1 aromatic carbocycles. The predicted molar refractivity (Wildman–Crippen MR) is 76.8 cm³/mol. The van der Waals surface area contributed by atoms with Crippen LogP contribution in [0.2, 0.25) is 0 Å². The molecule has 0 N–H and O–H groups in total. The highest BCUT2D eigenvalue weighted by Crippen LogP contribution is 2.22. The first-order valence-corrected chi connectivity index (χ1v) is 6.77. The van der Waals surface area contributed by atoms with Gasteiger partial charge in [0.2, 0.25) is 0 Å². The van der Waals surface area contributed by atoms with E-state index in [1.807, 2.05) is 25.1 Å². The number of carbonyl (C=O) groups excluding carboxylic acids is 2. The molecule has 0 aliphatic carbocycles. The molecule has 0 atom stereocenters. The molecular weight excluding hydrogens is 272 g/mol. The number of hydrogen-bond acceptors (Lipinski definition) is 5. The molecule has 2 aromatic rings. The monoisotopic (exact) mass is 290 g/mol. The first kappa shape index (κ1) is 15.1. The quantitative estimate of drug-likeness (QED) is 0.792. The van der Waals surface area contributed by atoms with Gasteiger partial charge in [0.15, 0.2) is 6.61 Å². The Labute approximate surface area is 122 Å². The van der Waals surface area contributed by atoms with E-state index in [0.29, 0.717) is 0 Å². The lowest BCUT2D eigenvalue weighted by Crippen LogP contribution is -2.20. The molecule has 0 aliphatic heterocycles. The molecule has 112 valence electrons. The van der Waals surface area contributed by atoms with Crippen molar-refractivity contribution >= 4 is 22.9 Å². The number of hydrogen-bond donors (Lipinski definition) is 0. The fourth-order valence-corrected chi connectivity index (χ4v) is 1.97. The molecule has 0 amide bonds. The number of fused-ring (bicyclic) bond motifs is 1. The SMILES string of the molecule is Cc1ccc2c(CC(=O)OCC(=O)OC(C)C)coc2c1. The number of benzene rings is 1. The average molecular weight is 290 g/mol. The molecule has 0 spiro atoms. The molecule has 0 unspecified atom stereocenters. The van der Waals surface area contributed by atoms with Crippen LogP contribution in [0.1, 0.15) is 25.0 Å². The van der Waals surface area contributed by atoms with Crippen LogP contribution in [0.25, 0.3) is 11.0 Å². The van der Waals surface area contributed by atoms with Gasteiger partial charge < -0.3 is 13.9 Å². The molecule has 5 heteroatoms. The Hall–Kier alpha value is -2.30. The van der Waals surface area contributed by atoms with Crippen molar-refractivity contribution in [3.05, 3.63) is 35.6 Å².